The summed E-state index contributed by atoms with van der Waals surface area (Å²) in [5, 5.41) is 2.91. The molecule has 0 spiro atoms. The van der Waals surface area contributed by atoms with Gasteiger partial charge in [-0.1, -0.05) is 19.9 Å². The van der Waals surface area contributed by atoms with Crippen LogP contribution >= 0.6 is 0 Å². The first-order valence-corrected chi connectivity index (χ1v) is 5.94. The topological polar surface area (TPSA) is 45.2 Å². The van der Waals surface area contributed by atoms with Crippen LogP contribution in [0.1, 0.15) is 25.8 Å². The van der Waals surface area contributed by atoms with Crippen molar-refractivity contribution in [2.45, 2.75) is 26.8 Å². The van der Waals surface area contributed by atoms with Crippen LogP contribution in [0.4, 0.5) is 5.82 Å². The van der Waals surface area contributed by atoms with E-state index in [1.807, 2.05) is 45.0 Å². The monoisotopic (exact) mass is 235 g/mol. The number of aromatic nitrogens is 1. The van der Waals surface area contributed by atoms with Gasteiger partial charge in [0.15, 0.2) is 0 Å². The molecule has 1 atom stereocenters. The van der Waals surface area contributed by atoms with Crippen LogP contribution in [0.25, 0.3) is 0 Å². The van der Waals surface area contributed by atoms with Crippen LogP contribution < -0.4 is 10.2 Å². The van der Waals surface area contributed by atoms with Crippen molar-refractivity contribution in [2.24, 2.45) is 5.92 Å². The highest BCUT2D eigenvalue weighted by Gasteiger charge is 2.09. The van der Waals surface area contributed by atoms with Crippen LogP contribution in [0.2, 0.25) is 0 Å². The maximum atomic E-state index is 11.6. The molecule has 4 nitrogen and oxygen atoms in total. The highest BCUT2D eigenvalue weighted by atomic mass is 16.1. The molecule has 0 aromatic carbocycles. The minimum absolute atomic E-state index is 0.0732. The first-order valence-electron chi connectivity index (χ1n) is 5.94. The largest absolute Gasteiger partial charge is 0.363 e. The van der Waals surface area contributed by atoms with Gasteiger partial charge in [-0.05, 0) is 18.1 Å². The van der Waals surface area contributed by atoms with Gasteiger partial charge in [-0.15, -0.1) is 0 Å². The highest BCUT2D eigenvalue weighted by molar-refractivity contribution is 5.78. The lowest BCUT2D eigenvalue weighted by Gasteiger charge is -2.12. The number of amides is 1. The number of hydrogen-bond donors (Lipinski definition) is 1. The number of nitrogens with zero attached hydrogens (tertiary/aromatic N) is 2. The first kappa shape index (κ1) is 13.5. The zero-order chi connectivity index (χ0) is 12.8. The van der Waals surface area contributed by atoms with Gasteiger partial charge in [0, 0.05) is 32.8 Å². The first-order chi connectivity index (χ1) is 8.04. The molecule has 0 saturated carbocycles. The fourth-order valence-electron chi connectivity index (χ4n) is 1.33. The molecule has 0 aliphatic rings. The third-order valence-electron chi connectivity index (χ3n) is 2.79. The standard InChI is InChI=1S/C13H21N3O/c1-5-10(2)13(17)15-9-11-6-7-12(14-8-11)16(3)4/h6-8,10H,5,9H2,1-4H3,(H,15,17)/t10-/m0/s1. The molecule has 1 amide bonds. The predicted molar refractivity (Wildman–Crippen MR) is 69.9 cm³/mol. The van der Waals surface area contributed by atoms with Crippen molar-refractivity contribution in [3.63, 3.8) is 0 Å². The molecular formula is C13H21N3O. The van der Waals surface area contributed by atoms with Crippen LogP contribution in [0, 0.1) is 5.92 Å². The molecule has 1 aromatic heterocycles. The molecule has 1 aromatic rings. The molecule has 0 unspecified atom stereocenters. The van der Waals surface area contributed by atoms with Crippen LogP contribution in [-0.4, -0.2) is 25.0 Å². The van der Waals surface area contributed by atoms with Gasteiger partial charge in [-0.25, -0.2) is 4.98 Å². The van der Waals surface area contributed by atoms with Gasteiger partial charge >= 0.3 is 0 Å². The van der Waals surface area contributed by atoms with Crippen molar-refractivity contribution in [3.05, 3.63) is 23.9 Å². The van der Waals surface area contributed by atoms with E-state index >= 15 is 0 Å². The molecule has 94 valence electrons. The smallest absolute Gasteiger partial charge is 0.223 e. The van der Waals surface area contributed by atoms with Gasteiger partial charge < -0.3 is 10.2 Å². The van der Waals surface area contributed by atoms with Crippen molar-refractivity contribution in [2.75, 3.05) is 19.0 Å². The molecule has 0 saturated heterocycles. The SMILES string of the molecule is CC[C@H](C)C(=O)NCc1ccc(N(C)C)nc1. The maximum Gasteiger partial charge on any atom is 0.223 e. The number of rotatable bonds is 5. The maximum absolute atomic E-state index is 11.6. The second-order valence-electron chi connectivity index (χ2n) is 4.45. The third kappa shape index (κ3) is 4.06. The molecule has 0 radical (unpaired) electrons. The lowest BCUT2D eigenvalue weighted by atomic mass is 10.1. The Morgan fingerprint density at radius 2 is 2.18 bits per heavy atom. The van der Waals surface area contributed by atoms with E-state index < -0.39 is 0 Å². The Bertz CT molecular complexity index is 359. The Kier molecular flexibility index (Phi) is 4.94. The minimum atomic E-state index is 0.0732. The Morgan fingerprint density at radius 3 is 2.65 bits per heavy atom. The van der Waals surface area contributed by atoms with Crippen molar-refractivity contribution in [1.29, 1.82) is 0 Å². The highest BCUT2D eigenvalue weighted by Crippen LogP contribution is 2.08. The average molecular weight is 235 g/mol. The molecule has 1 N–H and O–H groups in total. The molecule has 1 heterocycles. The summed E-state index contributed by atoms with van der Waals surface area (Å²) >= 11 is 0. The third-order valence-corrected chi connectivity index (χ3v) is 2.79. The van der Waals surface area contributed by atoms with Crippen LogP contribution in [0.5, 0.6) is 0 Å². The number of hydrogen-bond acceptors (Lipinski definition) is 3. The molecular weight excluding hydrogens is 214 g/mol. The molecule has 0 aliphatic carbocycles. The molecule has 1 rings (SSSR count). The summed E-state index contributed by atoms with van der Waals surface area (Å²) in [5.74, 6) is 1.09. The van der Waals surface area contributed by atoms with Crippen molar-refractivity contribution >= 4 is 11.7 Å². The van der Waals surface area contributed by atoms with Gasteiger partial charge in [0.05, 0.1) is 0 Å². The van der Waals surface area contributed by atoms with Crippen LogP contribution in [0.15, 0.2) is 18.3 Å². The number of nitrogens with one attached hydrogen (secondary N) is 1. The number of anilines is 1. The van der Waals surface area contributed by atoms with E-state index in [0.717, 1.165) is 17.8 Å². The molecule has 0 fully saturated rings. The Labute approximate surface area is 103 Å². The fourth-order valence-corrected chi connectivity index (χ4v) is 1.33. The van der Waals surface area contributed by atoms with E-state index in [4.69, 9.17) is 0 Å². The van der Waals surface area contributed by atoms with Crippen molar-refractivity contribution in [3.8, 4) is 0 Å². The summed E-state index contributed by atoms with van der Waals surface area (Å²) in [7, 11) is 3.90. The summed E-state index contributed by atoms with van der Waals surface area (Å²) < 4.78 is 0. The second kappa shape index (κ2) is 6.23. The normalized spacial score (nSPS) is 12.0. The molecule has 0 bridgehead atoms. The lowest BCUT2D eigenvalue weighted by Crippen LogP contribution is -2.28. The molecule has 17 heavy (non-hydrogen) atoms. The second-order valence-corrected chi connectivity index (χ2v) is 4.45. The van der Waals surface area contributed by atoms with E-state index in [9.17, 15) is 4.79 Å². The average Bonchev–Trinajstić information content (AvgIpc) is 2.35. The summed E-state index contributed by atoms with van der Waals surface area (Å²) in [6, 6.07) is 3.93. The summed E-state index contributed by atoms with van der Waals surface area (Å²) in [6.07, 6.45) is 2.66. The van der Waals surface area contributed by atoms with Gasteiger partial charge in [0.2, 0.25) is 5.91 Å². The fraction of sp³-hybridized carbons (Fsp3) is 0.538. The summed E-state index contributed by atoms with van der Waals surface area (Å²) in [4.78, 5) is 17.8. The van der Waals surface area contributed by atoms with Gasteiger partial charge in [0.1, 0.15) is 5.82 Å². The van der Waals surface area contributed by atoms with E-state index in [0.29, 0.717) is 6.54 Å². The van der Waals surface area contributed by atoms with Gasteiger partial charge in [-0.2, -0.15) is 0 Å². The van der Waals surface area contributed by atoms with E-state index in [2.05, 4.69) is 10.3 Å². The summed E-state index contributed by atoms with van der Waals surface area (Å²) in [5.41, 5.74) is 1.02. The number of pyridine rings is 1. The number of carbonyl (C=O) groups excluding carboxylic acids is 1. The molecule has 0 aliphatic heterocycles. The summed E-state index contributed by atoms with van der Waals surface area (Å²) in [6.45, 7) is 4.49. The van der Waals surface area contributed by atoms with E-state index in [-0.39, 0.29) is 11.8 Å². The van der Waals surface area contributed by atoms with E-state index in [1.54, 1.807) is 6.20 Å². The van der Waals surface area contributed by atoms with Crippen molar-refractivity contribution < 1.29 is 4.79 Å². The van der Waals surface area contributed by atoms with Crippen molar-refractivity contribution in [1.82, 2.24) is 10.3 Å². The Morgan fingerprint density at radius 1 is 1.47 bits per heavy atom. The zero-order valence-corrected chi connectivity index (χ0v) is 11.0. The quantitative estimate of drug-likeness (QED) is 0.846. The lowest BCUT2D eigenvalue weighted by molar-refractivity contribution is -0.124. The predicted octanol–water partition coefficient (Wildman–Crippen LogP) is 1.81. The van der Waals surface area contributed by atoms with Gasteiger partial charge in [0.25, 0.3) is 0 Å². The van der Waals surface area contributed by atoms with Crippen LogP contribution in [-0.2, 0) is 11.3 Å². The molecule has 4 heteroatoms. The zero-order valence-electron chi connectivity index (χ0n) is 11.0. The minimum Gasteiger partial charge on any atom is -0.363 e. The Balaban J connectivity index is 2.50. The van der Waals surface area contributed by atoms with Crippen LogP contribution in [0.3, 0.4) is 0 Å². The van der Waals surface area contributed by atoms with Gasteiger partial charge in [-0.3, -0.25) is 4.79 Å². The van der Waals surface area contributed by atoms with E-state index in [1.165, 1.54) is 0 Å². The number of carbonyl (C=O) groups is 1. The Hall–Kier alpha value is -1.58.